The van der Waals surface area contributed by atoms with E-state index in [0.29, 0.717) is 5.69 Å². The molecule has 0 heterocycles. The lowest BCUT2D eigenvalue weighted by molar-refractivity contribution is -0.137. The average molecular weight is 436 g/mol. The van der Waals surface area contributed by atoms with Crippen LogP contribution >= 0.6 is 0 Å². The van der Waals surface area contributed by atoms with Gasteiger partial charge in [0.1, 0.15) is 0 Å². The fourth-order valence-electron chi connectivity index (χ4n) is 5.91. The zero-order chi connectivity index (χ0) is 21.4. The van der Waals surface area contributed by atoms with Crippen LogP contribution in [0.1, 0.15) is 51.4 Å². The molecule has 4 fully saturated rings. The minimum Gasteiger partial charge on any atom is -0.481 e. The van der Waals surface area contributed by atoms with Gasteiger partial charge in [-0.05, 0) is 87.0 Å². The average Bonchev–Trinajstić information content (AvgIpc) is 2.64. The maximum absolute atomic E-state index is 12.6. The van der Waals surface area contributed by atoms with Gasteiger partial charge in [-0.15, -0.1) is 0 Å². The van der Waals surface area contributed by atoms with Crippen molar-refractivity contribution in [1.82, 2.24) is 10.0 Å². The van der Waals surface area contributed by atoms with E-state index in [1.807, 2.05) is 0 Å². The second-order valence-corrected chi connectivity index (χ2v) is 11.0. The zero-order valence-corrected chi connectivity index (χ0v) is 17.7. The van der Waals surface area contributed by atoms with E-state index in [9.17, 15) is 18.0 Å². The van der Waals surface area contributed by atoms with Crippen LogP contribution in [0.2, 0.25) is 0 Å². The Hall–Kier alpha value is -2.13. The largest absolute Gasteiger partial charge is 0.481 e. The fraction of sp³-hybridized carbons (Fsp3) is 0.619. The van der Waals surface area contributed by atoms with Crippen molar-refractivity contribution in [3.63, 3.8) is 0 Å². The molecule has 4 N–H and O–H groups in total. The van der Waals surface area contributed by atoms with Gasteiger partial charge in [-0.25, -0.2) is 17.9 Å². The maximum Gasteiger partial charge on any atom is 0.319 e. The van der Waals surface area contributed by atoms with Gasteiger partial charge in [0.2, 0.25) is 10.0 Å². The SMILES string of the molecule is O=C(O)CCCNS(=O)(=O)c1ccc(NC(=O)NC23CC4CC(CC(C4)C2)C3)cc1. The third kappa shape index (κ3) is 4.78. The van der Waals surface area contributed by atoms with Gasteiger partial charge in [-0.2, -0.15) is 0 Å². The molecule has 0 spiro atoms. The molecular weight excluding hydrogens is 406 g/mol. The summed E-state index contributed by atoms with van der Waals surface area (Å²) < 4.78 is 26.9. The molecule has 2 amide bonds. The number of carbonyl (C=O) groups is 2. The highest BCUT2D eigenvalue weighted by Gasteiger charge is 2.51. The van der Waals surface area contributed by atoms with Crippen LogP contribution < -0.4 is 15.4 Å². The van der Waals surface area contributed by atoms with Crippen LogP contribution in [-0.2, 0) is 14.8 Å². The lowest BCUT2D eigenvalue weighted by Gasteiger charge is -2.56. The van der Waals surface area contributed by atoms with Gasteiger partial charge in [-0.1, -0.05) is 0 Å². The van der Waals surface area contributed by atoms with Gasteiger partial charge in [-0.3, -0.25) is 4.79 Å². The molecular formula is C21H29N3O5S. The minimum atomic E-state index is -3.71. The number of hydrogen-bond acceptors (Lipinski definition) is 4. The minimum absolute atomic E-state index is 0.0576. The predicted octanol–water partition coefficient (Wildman–Crippen LogP) is 2.92. The van der Waals surface area contributed by atoms with E-state index in [0.717, 1.165) is 37.0 Å². The van der Waals surface area contributed by atoms with Gasteiger partial charge in [0, 0.05) is 24.2 Å². The number of rotatable bonds is 8. The Morgan fingerprint density at radius 2 is 1.57 bits per heavy atom. The molecule has 164 valence electrons. The van der Waals surface area contributed by atoms with Crippen LogP contribution in [0.5, 0.6) is 0 Å². The molecule has 0 atom stereocenters. The first-order valence-electron chi connectivity index (χ1n) is 10.6. The van der Waals surface area contributed by atoms with E-state index in [2.05, 4.69) is 15.4 Å². The Balaban J connectivity index is 1.31. The molecule has 0 aromatic heterocycles. The third-order valence-corrected chi connectivity index (χ3v) is 8.18. The van der Waals surface area contributed by atoms with E-state index in [1.165, 1.54) is 31.4 Å². The van der Waals surface area contributed by atoms with Gasteiger partial charge >= 0.3 is 12.0 Å². The Kier molecular flexibility index (Phi) is 5.76. The Bertz CT molecular complexity index is 878. The summed E-state index contributed by atoms with van der Waals surface area (Å²) >= 11 is 0. The molecule has 1 aromatic carbocycles. The summed E-state index contributed by atoms with van der Waals surface area (Å²) in [5.74, 6) is 1.26. The van der Waals surface area contributed by atoms with Crippen LogP contribution in [-0.4, -0.2) is 37.6 Å². The van der Waals surface area contributed by atoms with E-state index in [1.54, 1.807) is 12.1 Å². The molecule has 0 radical (unpaired) electrons. The van der Waals surface area contributed by atoms with E-state index in [-0.39, 0.29) is 35.9 Å². The maximum atomic E-state index is 12.6. The molecule has 0 saturated heterocycles. The molecule has 5 rings (SSSR count). The van der Waals surface area contributed by atoms with E-state index < -0.39 is 16.0 Å². The summed E-state index contributed by atoms with van der Waals surface area (Å²) in [5, 5.41) is 14.7. The van der Waals surface area contributed by atoms with Crippen molar-refractivity contribution in [3.05, 3.63) is 24.3 Å². The molecule has 4 saturated carbocycles. The smallest absolute Gasteiger partial charge is 0.319 e. The molecule has 9 heteroatoms. The number of urea groups is 1. The number of carboxylic acid groups (broad SMARTS) is 1. The van der Waals surface area contributed by atoms with Gasteiger partial charge in [0.05, 0.1) is 4.90 Å². The molecule has 4 aliphatic rings. The Labute approximate surface area is 176 Å². The number of aliphatic carboxylic acids is 1. The summed E-state index contributed by atoms with van der Waals surface area (Å²) in [6.45, 7) is 0.0576. The molecule has 0 unspecified atom stereocenters. The summed E-state index contributed by atoms with van der Waals surface area (Å²) in [5.41, 5.74) is 0.448. The summed E-state index contributed by atoms with van der Waals surface area (Å²) in [6.07, 6.45) is 7.25. The van der Waals surface area contributed by atoms with Crippen molar-refractivity contribution >= 4 is 27.7 Å². The first-order chi connectivity index (χ1) is 14.2. The fourth-order valence-corrected chi connectivity index (χ4v) is 6.99. The van der Waals surface area contributed by atoms with Gasteiger partial charge in [0.15, 0.2) is 0 Å². The summed E-state index contributed by atoms with van der Waals surface area (Å²) in [4.78, 5) is 23.2. The normalized spacial score (nSPS) is 29.5. The van der Waals surface area contributed by atoms with Crippen molar-refractivity contribution in [1.29, 1.82) is 0 Å². The van der Waals surface area contributed by atoms with Crippen LogP contribution in [0.3, 0.4) is 0 Å². The molecule has 4 bridgehead atoms. The number of hydrogen-bond donors (Lipinski definition) is 4. The first kappa shape index (κ1) is 21.1. The monoisotopic (exact) mass is 435 g/mol. The highest BCUT2D eigenvalue weighted by atomic mass is 32.2. The topological polar surface area (TPSA) is 125 Å². The highest BCUT2D eigenvalue weighted by Crippen LogP contribution is 2.55. The third-order valence-electron chi connectivity index (χ3n) is 6.70. The number of benzene rings is 1. The highest BCUT2D eigenvalue weighted by molar-refractivity contribution is 7.89. The number of sulfonamides is 1. The van der Waals surface area contributed by atoms with Gasteiger partial charge in [0.25, 0.3) is 0 Å². The number of amides is 2. The van der Waals surface area contributed by atoms with Crippen molar-refractivity contribution in [3.8, 4) is 0 Å². The second kappa shape index (κ2) is 8.19. The lowest BCUT2D eigenvalue weighted by Crippen LogP contribution is -2.60. The number of anilines is 1. The molecule has 4 aliphatic carbocycles. The molecule has 0 aliphatic heterocycles. The van der Waals surface area contributed by atoms with Crippen LogP contribution in [0.25, 0.3) is 0 Å². The van der Waals surface area contributed by atoms with Crippen LogP contribution in [0.4, 0.5) is 10.5 Å². The molecule has 1 aromatic rings. The van der Waals surface area contributed by atoms with Crippen LogP contribution in [0.15, 0.2) is 29.2 Å². The second-order valence-electron chi connectivity index (χ2n) is 9.20. The van der Waals surface area contributed by atoms with E-state index >= 15 is 0 Å². The van der Waals surface area contributed by atoms with Crippen molar-refractivity contribution in [2.75, 3.05) is 11.9 Å². The molecule has 8 nitrogen and oxygen atoms in total. The van der Waals surface area contributed by atoms with Crippen molar-refractivity contribution in [2.24, 2.45) is 17.8 Å². The first-order valence-corrected chi connectivity index (χ1v) is 12.1. The summed E-state index contributed by atoms with van der Waals surface area (Å²) in [7, 11) is -3.71. The Morgan fingerprint density at radius 3 is 2.10 bits per heavy atom. The van der Waals surface area contributed by atoms with E-state index in [4.69, 9.17) is 5.11 Å². The van der Waals surface area contributed by atoms with Gasteiger partial charge < -0.3 is 15.7 Å². The quantitative estimate of drug-likeness (QED) is 0.467. The zero-order valence-electron chi connectivity index (χ0n) is 16.9. The number of carboxylic acids is 1. The number of nitrogens with one attached hydrogen (secondary N) is 3. The standard InChI is InChI=1S/C21H29N3O5S/c25-19(26)2-1-7-22-30(28,29)18-5-3-17(4-6-18)23-20(27)24-21-11-14-8-15(12-21)10-16(9-14)13-21/h3-6,14-16,22H,1-2,7-13H2,(H,25,26)(H2,23,24,27). The molecule has 30 heavy (non-hydrogen) atoms. The lowest BCUT2D eigenvalue weighted by atomic mass is 9.53. The van der Waals surface area contributed by atoms with Crippen molar-refractivity contribution in [2.45, 2.75) is 61.8 Å². The summed E-state index contributed by atoms with van der Waals surface area (Å²) in [6, 6.07) is 5.75. The Morgan fingerprint density at radius 1 is 1.00 bits per heavy atom. The van der Waals surface area contributed by atoms with Crippen molar-refractivity contribution < 1.29 is 23.1 Å². The predicted molar refractivity (Wildman–Crippen MR) is 112 cm³/mol. The van der Waals surface area contributed by atoms with Crippen LogP contribution in [0, 0.1) is 17.8 Å². The number of carbonyl (C=O) groups excluding carboxylic acids is 1.